The van der Waals surface area contributed by atoms with Gasteiger partial charge in [0.15, 0.2) is 0 Å². The van der Waals surface area contributed by atoms with Gasteiger partial charge in [0.2, 0.25) is 10.0 Å². The van der Waals surface area contributed by atoms with Gasteiger partial charge in [-0.25, -0.2) is 8.42 Å². The van der Waals surface area contributed by atoms with Crippen molar-refractivity contribution in [3.63, 3.8) is 0 Å². The first-order valence-electron chi connectivity index (χ1n) is 6.13. The molecule has 0 saturated heterocycles. The molecule has 1 aromatic rings. The summed E-state index contributed by atoms with van der Waals surface area (Å²) in [6, 6.07) is 6.76. The fraction of sp³-hybridized carbons (Fsp3) is 0.538. The second-order valence-corrected chi connectivity index (χ2v) is 7.56. The molecule has 0 aliphatic heterocycles. The number of rotatable bonds is 5. The predicted octanol–water partition coefficient (Wildman–Crippen LogP) is 1.44. The van der Waals surface area contributed by atoms with E-state index in [4.69, 9.17) is 10.8 Å². The molecule has 6 heteroatoms. The van der Waals surface area contributed by atoms with Crippen molar-refractivity contribution < 1.29 is 13.5 Å². The number of hydrogen-bond donors (Lipinski definition) is 2. The minimum Gasteiger partial charge on any atom is -0.397 e. The van der Waals surface area contributed by atoms with Gasteiger partial charge in [0.1, 0.15) is 0 Å². The van der Waals surface area contributed by atoms with E-state index in [1.54, 1.807) is 24.3 Å². The summed E-state index contributed by atoms with van der Waals surface area (Å²) in [7, 11) is -3.52. The van der Waals surface area contributed by atoms with Crippen LogP contribution < -0.4 is 10.0 Å². The molecular weight excluding hydrogens is 264 g/mol. The van der Waals surface area contributed by atoms with Gasteiger partial charge in [-0.3, -0.25) is 4.31 Å². The highest BCUT2D eigenvalue weighted by Gasteiger charge is 2.28. The number of benzene rings is 1. The van der Waals surface area contributed by atoms with E-state index in [1.807, 2.05) is 20.8 Å². The number of aliphatic hydroxyl groups excluding tert-OH is 1. The molecule has 0 heterocycles. The molecule has 0 aromatic heterocycles. The lowest BCUT2D eigenvalue weighted by atomic mass is 10.0. The van der Waals surface area contributed by atoms with Crippen molar-refractivity contribution in [1.82, 2.24) is 0 Å². The van der Waals surface area contributed by atoms with Gasteiger partial charge < -0.3 is 10.8 Å². The summed E-state index contributed by atoms with van der Waals surface area (Å²) in [5.74, 6) is -0.00562. The molecule has 0 atom stereocenters. The van der Waals surface area contributed by atoms with Gasteiger partial charge in [0.25, 0.3) is 0 Å². The summed E-state index contributed by atoms with van der Waals surface area (Å²) in [5, 5.41) is 9.10. The third kappa shape index (κ3) is 4.40. The number of sulfonamides is 1. The number of aliphatic hydroxyl groups is 1. The third-order valence-corrected chi connectivity index (χ3v) is 4.74. The predicted molar refractivity (Wildman–Crippen MR) is 78.5 cm³/mol. The Hall–Kier alpha value is -1.27. The van der Waals surface area contributed by atoms with Crippen molar-refractivity contribution >= 4 is 21.4 Å². The van der Waals surface area contributed by atoms with Crippen LogP contribution in [0.2, 0.25) is 0 Å². The average Bonchev–Trinajstić information content (AvgIpc) is 2.23. The summed E-state index contributed by atoms with van der Waals surface area (Å²) in [4.78, 5) is 0. The number of anilines is 2. The van der Waals surface area contributed by atoms with Gasteiger partial charge in [0.05, 0.1) is 30.3 Å². The standard InChI is InChI=1S/C13H22N2O3S/c1-13(2,3)10-19(17,18)15(8-9-16)12-7-5-4-6-11(12)14/h4-7,16H,8-10,14H2,1-3H3. The van der Waals surface area contributed by atoms with Crippen molar-refractivity contribution in [2.45, 2.75) is 20.8 Å². The minimum atomic E-state index is -3.52. The van der Waals surface area contributed by atoms with Crippen LogP contribution in [-0.2, 0) is 10.0 Å². The van der Waals surface area contributed by atoms with Crippen LogP contribution in [0.5, 0.6) is 0 Å². The molecule has 0 spiro atoms. The monoisotopic (exact) mass is 286 g/mol. The number of nitrogens with zero attached hydrogens (tertiary/aromatic N) is 1. The maximum atomic E-state index is 12.4. The van der Waals surface area contributed by atoms with Gasteiger partial charge in [-0.05, 0) is 17.5 Å². The van der Waals surface area contributed by atoms with Crippen molar-refractivity contribution in [2.75, 3.05) is 28.9 Å². The zero-order chi connectivity index (χ0) is 14.7. The molecular formula is C13H22N2O3S. The van der Waals surface area contributed by atoms with Crippen LogP contribution in [0.15, 0.2) is 24.3 Å². The summed E-state index contributed by atoms with van der Waals surface area (Å²) in [6.07, 6.45) is 0. The zero-order valence-corrected chi connectivity index (χ0v) is 12.4. The van der Waals surface area contributed by atoms with Crippen LogP contribution in [0.4, 0.5) is 11.4 Å². The number of para-hydroxylation sites is 2. The Morgan fingerprint density at radius 1 is 1.26 bits per heavy atom. The molecule has 1 aromatic carbocycles. The summed E-state index contributed by atoms with van der Waals surface area (Å²) in [5.41, 5.74) is 6.26. The Morgan fingerprint density at radius 3 is 2.32 bits per heavy atom. The van der Waals surface area contributed by atoms with Crippen molar-refractivity contribution in [3.05, 3.63) is 24.3 Å². The highest BCUT2D eigenvalue weighted by atomic mass is 32.2. The van der Waals surface area contributed by atoms with Crippen LogP contribution >= 0.6 is 0 Å². The topological polar surface area (TPSA) is 83.6 Å². The SMILES string of the molecule is CC(C)(C)CS(=O)(=O)N(CCO)c1ccccc1N. The van der Waals surface area contributed by atoms with Gasteiger partial charge in [0, 0.05) is 0 Å². The third-order valence-electron chi connectivity index (χ3n) is 2.46. The Kier molecular flexibility index (Phi) is 4.81. The van der Waals surface area contributed by atoms with E-state index in [1.165, 1.54) is 4.31 Å². The summed E-state index contributed by atoms with van der Waals surface area (Å²) < 4.78 is 26.1. The smallest absolute Gasteiger partial charge is 0.235 e. The van der Waals surface area contributed by atoms with Gasteiger partial charge >= 0.3 is 0 Å². The fourth-order valence-electron chi connectivity index (χ4n) is 1.84. The lowest BCUT2D eigenvalue weighted by molar-refractivity contribution is 0.306. The highest BCUT2D eigenvalue weighted by molar-refractivity contribution is 7.92. The lowest BCUT2D eigenvalue weighted by Gasteiger charge is -2.28. The Balaban J connectivity index is 3.18. The fourth-order valence-corrected chi connectivity index (χ4v) is 3.92. The van der Waals surface area contributed by atoms with E-state index in [9.17, 15) is 8.42 Å². The molecule has 0 radical (unpaired) electrons. The number of hydrogen-bond acceptors (Lipinski definition) is 4. The van der Waals surface area contributed by atoms with Crippen LogP contribution in [0.1, 0.15) is 20.8 Å². The molecule has 0 fully saturated rings. The lowest BCUT2D eigenvalue weighted by Crippen LogP contribution is -2.39. The molecule has 108 valence electrons. The van der Waals surface area contributed by atoms with Gasteiger partial charge in [-0.2, -0.15) is 0 Å². The first-order valence-corrected chi connectivity index (χ1v) is 7.74. The van der Waals surface area contributed by atoms with E-state index >= 15 is 0 Å². The van der Waals surface area contributed by atoms with Crippen molar-refractivity contribution in [3.8, 4) is 0 Å². The largest absolute Gasteiger partial charge is 0.397 e. The Labute approximate surface area is 115 Å². The minimum absolute atomic E-state index is 0.00562. The molecule has 5 nitrogen and oxygen atoms in total. The first kappa shape index (κ1) is 15.8. The van der Waals surface area contributed by atoms with Crippen LogP contribution in [-0.4, -0.2) is 32.4 Å². The molecule has 0 amide bonds. The van der Waals surface area contributed by atoms with E-state index < -0.39 is 10.0 Å². The molecule has 0 aliphatic carbocycles. The molecule has 0 unspecified atom stereocenters. The quantitative estimate of drug-likeness (QED) is 0.802. The van der Waals surface area contributed by atoms with Gasteiger partial charge in [-0.1, -0.05) is 32.9 Å². The summed E-state index contributed by atoms with van der Waals surface area (Å²) in [6.45, 7) is 5.33. The highest BCUT2D eigenvalue weighted by Crippen LogP contribution is 2.28. The maximum absolute atomic E-state index is 12.4. The zero-order valence-electron chi connectivity index (χ0n) is 11.6. The first-order chi connectivity index (χ1) is 8.67. The van der Waals surface area contributed by atoms with Crippen LogP contribution in [0.25, 0.3) is 0 Å². The van der Waals surface area contributed by atoms with Crippen LogP contribution in [0, 0.1) is 5.41 Å². The Bertz CT molecular complexity index is 521. The second kappa shape index (κ2) is 5.79. The molecule has 19 heavy (non-hydrogen) atoms. The normalized spacial score (nSPS) is 12.4. The molecule has 0 saturated carbocycles. The van der Waals surface area contributed by atoms with E-state index in [0.29, 0.717) is 11.4 Å². The number of nitrogen functional groups attached to an aromatic ring is 1. The second-order valence-electron chi connectivity index (χ2n) is 5.67. The Morgan fingerprint density at radius 2 is 1.84 bits per heavy atom. The molecule has 0 aliphatic rings. The number of nitrogens with two attached hydrogens (primary N) is 1. The van der Waals surface area contributed by atoms with Crippen molar-refractivity contribution in [1.29, 1.82) is 0 Å². The summed E-state index contributed by atoms with van der Waals surface area (Å²) >= 11 is 0. The van der Waals surface area contributed by atoms with E-state index in [2.05, 4.69) is 0 Å². The van der Waals surface area contributed by atoms with Crippen LogP contribution in [0.3, 0.4) is 0 Å². The van der Waals surface area contributed by atoms with E-state index in [0.717, 1.165) is 0 Å². The molecule has 3 N–H and O–H groups in total. The van der Waals surface area contributed by atoms with Gasteiger partial charge in [-0.15, -0.1) is 0 Å². The molecule has 1 rings (SSSR count). The van der Waals surface area contributed by atoms with E-state index in [-0.39, 0.29) is 24.3 Å². The average molecular weight is 286 g/mol. The molecule has 0 bridgehead atoms. The van der Waals surface area contributed by atoms with Crippen molar-refractivity contribution in [2.24, 2.45) is 5.41 Å². The maximum Gasteiger partial charge on any atom is 0.235 e.